The largest absolute Gasteiger partial charge is 0.444 e. The molecule has 2 aromatic heterocycles. The molecule has 0 bridgehead atoms. The number of aliphatic hydroxyl groups excluding tert-OH is 1. The summed E-state index contributed by atoms with van der Waals surface area (Å²) < 4.78 is 13.1. The minimum absolute atomic E-state index is 0.0624. The molecule has 4 rings (SSSR count). The van der Waals surface area contributed by atoms with Gasteiger partial charge in [0.1, 0.15) is 5.60 Å². The van der Waals surface area contributed by atoms with Crippen molar-refractivity contribution in [1.82, 2.24) is 24.8 Å². The van der Waals surface area contributed by atoms with Crippen LogP contribution in [0.5, 0.6) is 0 Å². The van der Waals surface area contributed by atoms with Crippen LogP contribution >= 0.6 is 0 Å². The van der Waals surface area contributed by atoms with Gasteiger partial charge in [-0.1, -0.05) is 17.3 Å². The quantitative estimate of drug-likeness (QED) is 0.611. The molecule has 1 amide bonds. The molecule has 1 aliphatic rings. The summed E-state index contributed by atoms with van der Waals surface area (Å²) in [4.78, 5) is 18.7. The van der Waals surface area contributed by atoms with Crippen molar-refractivity contribution in [1.29, 1.82) is 0 Å². The van der Waals surface area contributed by atoms with Crippen LogP contribution in [0.15, 0.2) is 22.7 Å². The number of aliphatic hydroxyl groups is 1. The summed E-state index contributed by atoms with van der Waals surface area (Å²) in [6, 6.07) is 6.20. The summed E-state index contributed by atoms with van der Waals surface area (Å²) in [6.07, 6.45) is 1.75. The van der Waals surface area contributed by atoms with E-state index in [9.17, 15) is 9.90 Å². The number of carbonyl (C=O) groups is 1. The average molecular weight is 456 g/mol. The second-order valence-electron chi connectivity index (χ2n) is 9.89. The Morgan fingerprint density at radius 2 is 2.00 bits per heavy atom. The molecule has 1 saturated heterocycles. The van der Waals surface area contributed by atoms with E-state index < -0.39 is 5.60 Å². The van der Waals surface area contributed by atoms with Gasteiger partial charge in [-0.15, -0.1) is 0 Å². The van der Waals surface area contributed by atoms with Crippen molar-refractivity contribution in [3.8, 4) is 11.4 Å². The first-order chi connectivity index (χ1) is 15.7. The lowest BCUT2D eigenvalue weighted by Crippen LogP contribution is -2.41. The minimum Gasteiger partial charge on any atom is -0.444 e. The number of hydrogen-bond acceptors (Lipinski definition) is 7. The molecule has 0 radical (unpaired) electrons. The first-order valence-corrected chi connectivity index (χ1v) is 11.6. The zero-order valence-corrected chi connectivity index (χ0v) is 20.0. The Morgan fingerprint density at radius 1 is 1.27 bits per heavy atom. The third-order valence-corrected chi connectivity index (χ3v) is 5.82. The van der Waals surface area contributed by atoms with Crippen molar-refractivity contribution in [2.45, 2.75) is 71.4 Å². The third kappa shape index (κ3) is 5.03. The van der Waals surface area contributed by atoms with E-state index in [-0.39, 0.29) is 24.7 Å². The highest BCUT2D eigenvalue weighted by molar-refractivity contribution is 5.86. The Bertz CT molecular complexity index is 1120. The van der Waals surface area contributed by atoms with Gasteiger partial charge in [0.05, 0.1) is 11.2 Å². The van der Waals surface area contributed by atoms with Crippen molar-refractivity contribution < 1.29 is 19.2 Å². The monoisotopic (exact) mass is 455 g/mol. The predicted octanol–water partition coefficient (Wildman–Crippen LogP) is 4.32. The average Bonchev–Trinajstić information content (AvgIpc) is 3.38. The molecule has 9 heteroatoms. The summed E-state index contributed by atoms with van der Waals surface area (Å²) >= 11 is 0. The lowest BCUT2D eigenvalue weighted by molar-refractivity contribution is 0.0198. The number of ether oxygens (including phenoxy) is 1. The van der Waals surface area contributed by atoms with E-state index in [2.05, 4.69) is 29.1 Å². The second-order valence-corrected chi connectivity index (χ2v) is 9.89. The van der Waals surface area contributed by atoms with Gasteiger partial charge in [0.15, 0.2) is 0 Å². The molecule has 3 heterocycles. The fourth-order valence-corrected chi connectivity index (χ4v) is 4.18. The molecule has 0 saturated carbocycles. The van der Waals surface area contributed by atoms with E-state index in [0.717, 1.165) is 35.0 Å². The normalized spacial score (nSPS) is 15.5. The van der Waals surface area contributed by atoms with Gasteiger partial charge in [0, 0.05) is 49.0 Å². The van der Waals surface area contributed by atoms with Crippen LogP contribution in [0.2, 0.25) is 0 Å². The molecular formula is C24H33N5O4. The lowest BCUT2D eigenvalue weighted by atomic mass is 9.97. The number of piperidine rings is 1. The van der Waals surface area contributed by atoms with Gasteiger partial charge in [0.2, 0.25) is 11.7 Å². The highest BCUT2D eigenvalue weighted by atomic mass is 16.6. The Morgan fingerprint density at radius 3 is 2.64 bits per heavy atom. The van der Waals surface area contributed by atoms with E-state index >= 15 is 0 Å². The molecule has 3 aromatic rings. The number of amides is 1. The smallest absolute Gasteiger partial charge is 0.410 e. The molecule has 0 atom stereocenters. The van der Waals surface area contributed by atoms with Gasteiger partial charge in [-0.3, -0.25) is 4.68 Å². The maximum absolute atomic E-state index is 12.3. The summed E-state index contributed by atoms with van der Waals surface area (Å²) in [5.74, 6) is 1.26. The van der Waals surface area contributed by atoms with E-state index in [1.54, 1.807) is 4.90 Å². The van der Waals surface area contributed by atoms with Crippen molar-refractivity contribution in [2.75, 3.05) is 19.7 Å². The van der Waals surface area contributed by atoms with Gasteiger partial charge in [0.25, 0.3) is 0 Å². The van der Waals surface area contributed by atoms with E-state index in [4.69, 9.17) is 9.26 Å². The van der Waals surface area contributed by atoms with Crippen molar-refractivity contribution in [2.24, 2.45) is 0 Å². The molecule has 1 N–H and O–H groups in total. The Balaban J connectivity index is 1.50. The second kappa shape index (κ2) is 9.13. The number of fused-ring (bicyclic) bond motifs is 1. The standard InChI is InChI=1S/C24H33N5O4/c1-15(2)29-20-14-17(6-7-18(20)19(26-29)10-13-30)21-25-22(33-27-21)16-8-11-28(12-9-16)23(31)32-24(3,4)5/h6-7,14-16,30H,8-13H2,1-5H3. The fourth-order valence-electron chi connectivity index (χ4n) is 4.18. The first kappa shape index (κ1) is 23.2. The van der Waals surface area contributed by atoms with Crippen LogP contribution in [0.4, 0.5) is 4.79 Å². The number of aromatic nitrogens is 4. The number of nitrogens with zero attached hydrogens (tertiary/aromatic N) is 5. The van der Waals surface area contributed by atoms with Gasteiger partial charge < -0.3 is 19.3 Å². The summed E-state index contributed by atoms with van der Waals surface area (Å²) in [5, 5.41) is 19.3. The summed E-state index contributed by atoms with van der Waals surface area (Å²) in [6.45, 7) is 11.0. The molecular weight excluding hydrogens is 422 g/mol. The van der Waals surface area contributed by atoms with Crippen molar-refractivity contribution >= 4 is 17.0 Å². The van der Waals surface area contributed by atoms with Crippen LogP contribution in [0, 0.1) is 0 Å². The van der Waals surface area contributed by atoms with Gasteiger partial charge >= 0.3 is 6.09 Å². The summed E-state index contributed by atoms with van der Waals surface area (Å²) in [7, 11) is 0. The molecule has 0 aliphatic carbocycles. The number of hydrogen-bond donors (Lipinski definition) is 1. The van der Waals surface area contributed by atoms with Crippen LogP contribution in [0.25, 0.3) is 22.3 Å². The Labute approximate surface area is 193 Å². The van der Waals surface area contributed by atoms with Crippen LogP contribution < -0.4 is 0 Å². The summed E-state index contributed by atoms with van der Waals surface area (Å²) in [5.41, 5.74) is 2.24. The molecule has 178 valence electrons. The number of benzene rings is 1. The molecule has 33 heavy (non-hydrogen) atoms. The number of carbonyl (C=O) groups excluding carboxylic acids is 1. The van der Waals surface area contributed by atoms with E-state index in [1.165, 1.54) is 0 Å². The van der Waals surface area contributed by atoms with Crippen molar-refractivity contribution in [3.05, 3.63) is 29.8 Å². The topological polar surface area (TPSA) is 107 Å². The van der Waals surface area contributed by atoms with Gasteiger partial charge in [-0.2, -0.15) is 10.1 Å². The molecule has 0 spiro atoms. The zero-order chi connectivity index (χ0) is 23.8. The predicted molar refractivity (Wildman–Crippen MR) is 124 cm³/mol. The van der Waals surface area contributed by atoms with Gasteiger partial charge in [-0.05, 0) is 53.5 Å². The number of likely N-dealkylation sites (tertiary alicyclic amines) is 1. The first-order valence-electron chi connectivity index (χ1n) is 11.6. The lowest BCUT2D eigenvalue weighted by Gasteiger charge is -2.32. The maximum Gasteiger partial charge on any atom is 0.410 e. The van der Waals surface area contributed by atoms with Crippen LogP contribution in [0.1, 0.15) is 71.0 Å². The molecule has 1 fully saturated rings. The zero-order valence-electron chi connectivity index (χ0n) is 20.0. The van der Waals surface area contributed by atoms with E-state index in [1.807, 2.05) is 43.7 Å². The Hall–Kier alpha value is -2.94. The van der Waals surface area contributed by atoms with Crippen molar-refractivity contribution in [3.63, 3.8) is 0 Å². The van der Waals surface area contributed by atoms with Crippen LogP contribution in [0.3, 0.4) is 0 Å². The molecule has 1 aromatic carbocycles. The van der Waals surface area contributed by atoms with Crippen LogP contribution in [-0.2, 0) is 11.2 Å². The Kier molecular flexibility index (Phi) is 6.43. The third-order valence-electron chi connectivity index (χ3n) is 5.82. The van der Waals surface area contributed by atoms with Gasteiger partial charge in [-0.25, -0.2) is 4.79 Å². The van der Waals surface area contributed by atoms with Crippen LogP contribution in [-0.4, -0.2) is 61.3 Å². The minimum atomic E-state index is -0.500. The highest BCUT2D eigenvalue weighted by Crippen LogP contribution is 2.31. The highest BCUT2D eigenvalue weighted by Gasteiger charge is 2.30. The molecule has 9 nitrogen and oxygen atoms in total. The molecule has 1 aliphatic heterocycles. The molecule has 0 unspecified atom stereocenters. The maximum atomic E-state index is 12.3. The number of rotatable bonds is 5. The SMILES string of the molecule is CC(C)n1nc(CCO)c2ccc(-c3noc(C4CCN(C(=O)OC(C)(C)C)CC4)n3)cc21. The fraction of sp³-hybridized carbons (Fsp3) is 0.583. The van der Waals surface area contributed by atoms with E-state index in [0.29, 0.717) is 31.2 Å².